The Balaban J connectivity index is 4.29. The van der Waals surface area contributed by atoms with Crippen LogP contribution in [0, 0.1) is 0 Å². The molecule has 0 aliphatic heterocycles. The molecule has 0 spiro atoms. The van der Waals surface area contributed by atoms with E-state index in [4.69, 9.17) is 9.47 Å². The highest BCUT2D eigenvalue weighted by atomic mass is 16.5. The molecule has 0 aliphatic carbocycles. The third-order valence-corrected chi connectivity index (χ3v) is 3.68. The van der Waals surface area contributed by atoms with Crippen molar-refractivity contribution in [1.82, 2.24) is 10.6 Å². The van der Waals surface area contributed by atoms with Crippen LogP contribution in [0.2, 0.25) is 0 Å². The van der Waals surface area contributed by atoms with Crippen LogP contribution in [0.4, 0.5) is 0 Å². The molecule has 0 saturated heterocycles. The molecule has 2 N–H and O–H groups in total. The summed E-state index contributed by atoms with van der Waals surface area (Å²) in [7, 11) is 0. The number of ether oxygens (including phenoxy) is 2. The van der Waals surface area contributed by atoms with E-state index in [0.29, 0.717) is 6.61 Å². The maximum atomic E-state index is 12.0. The lowest BCUT2D eigenvalue weighted by molar-refractivity contribution is -0.151. The summed E-state index contributed by atoms with van der Waals surface area (Å²) in [6.45, 7) is 15.7. The third-order valence-electron chi connectivity index (χ3n) is 3.68. The van der Waals surface area contributed by atoms with E-state index in [9.17, 15) is 9.59 Å². The molecule has 0 fully saturated rings. The van der Waals surface area contributed by atoms with Gasteiger partial charge in [-0.2, -0.15) is 0 Å². The van der Waals surface area contributed by atoms with Gasteiger partial charge in [-0.15, -0.1) is 0 Å². The zero-order chi connectivity index (χ0) is 18.9. The van der Waals surface area contributed by atoms with Crippen LogP contribution in [0.5, 0.6) is 0 Å². The first-order valence-corrected chi connectivity index (χ1v) is 8.89. The van der Waals surface area contributed by atoms with Crippen molar-refractivity contribution in [2.24, 2.45) is 0 Å². The van der Waals surface area contributed by atoms with Crippen molar-refractivity contribution in [1.29, 1.82) is 0 Å². The van der Waals surface area contributed by atoms with Crippen molar-refractivity contribution < 1.29 is 19.1 Å². The standard InChI is InChI=1S/C18H36N2O4/c1-9-23-16(21)15(6)20-18(7,8)11-10-13(4)24-17(22)14(5)19-12(2)3/h12-15,19-20H,9-11H2,1-8H3/t13?,14-,15-/m0/s1. The fourth-order valence-electron chi connectivity index (χ4n) is 2.48. The number of carbonyl (C=O) groups excluding carboxylic acids is 2. The minimum absolute atomic E-state index is 0.173. The first-order valence-electron chi connectivity index (χ1n) is 8.89. The van der Waals surface area contributed by atoms with Crippen molar-refractivity contribution >= 4 is 11.9 Å². The molecule has 142 valence electrons. The molecule has 0 amide bonds. The first-order chi connectivity index (χ1) is 11.0. The van der Waals surface area contributed by atoms with Gasteiger partial charge in [-0.25, -0.2) is 0 Å². The van der Waals surface area contributed by atoms with Crippen molar-refractivity contribution in [3.8, 4) is 0 Å². The van der Waals surface area contributed by atoms with Gasteiger partial charge in [-0.1, -0.05) is 13.8 Å². The summed E-state index contributed by atoms with van der Waals surface area (Å²) in [4.78, 5) is 23.7. The van der Waals surface area contributed by atoms with E-state index in [1.54, 1.807) is 13.8 Å². The normalized spacial score (nSPS) is 15.7. The Bertz CT molecular complexity index is 396. The Kier molecular flexibility index (Phi) is 10.2. The molecule has 0 heterocycles. The number of carbonyl (C=O) groups is 2. The van der Waals surface area contributed by atoms with Crippen LogP contribution < -0.4 is 10.6 Å². The Morgan fingerprint density at radius 3 is 2.08 bits per heavy atom. The maximum absolute atomic E-state index is 12.0. The molecule has 0 aromatic rings. The maximum Gasteiger partial charge on any atom is 0.323 e. The highest BCUT2D eigenvalue weighted by Crippen LogP contribution is 2.16. The van der Waals surface area contributed by atoms with Gasteiger partial charge < -0.3 is 14.8 Å². The van der Waals surface area contributed by atoms with E-state index in [1.807, 2.05) is 41.5 Å². The van der Waals surface area contributed by atoms with Crippen molar-refractivity contribution in [3.63, 3.8) is 0 Å². The van der Waals surface area contributed by atoms with Gasteiger partial charge in [0.1, 0.15) is 12.1 Å². The SMILES string of the molecule is CCOC(=O)[C@H](C)NC(C)(C)CCC(C)OC(=O)[C@H](C)NC(C)C. The average Bonchev–Trinajstić information content (AvgIpc) is 2.44. The van der Waals surface area contributed by atoms with E-state index in [0.717, 1.165) is 12.8 Å². The lowest BCUT2D eigenvalue weighted by atomic mass is 9.95. The highest BCUT2D eigenvalue weighted by molar-refractivity contribution is 5.75. The molecule has 6 nitrogen and oxygen atoms in total. The summed E-state index contributed by atoms with van der Waals surface area (Å²) in [5, 5.41) is 6.40. The largest absolute Gasteiger partial charge is 0.465 e. The molecule has 0 bridgehead atoms. The topological polar surface area (TPSA) is 76.7 Å². The summed E-state index contributed by atoms with van der Waals surface area (Å²) in [6, 6.07) is -0.453. The summed E-state index contributed by atoms with van der Waals surface area (Å²) < 4.78 is 10.5. The minimum Gasteiger partial charge on any atom is -0.465 e. The predicted octanol–water partition coefficient (Wildman–Crippen LogP) is 2.40. The molecule has 0 aromatic heterocycles. The number of esters is 2. The van der Waals surface area contributed by atoms with Crippen LogP contribution >= 0.6 is 0 Å². The van der Waals surface area contributed by atoms with Gasteiger partial charge in [-0.3, -0.25) is 14.9 Å². The molecule has 0 aromatic carbocycles. The third kappa shape index (κ3) is 9.88. The van der Waals surface area contributed by atoms with Crippen LogP contribution in [-0.2, 0) is 19.1 Å². The van der Waals surface area contributed by atoms with Gasteiger partial charge in [0.05, 0.1) is 12.7 Å². The van der Waals surface area contributed by atoms with Gasteiger partial charge >= 0.3 is 11.9 Å². The van der Waals surface area contributed by atoms with Crippen molar-refractivity contribution in [2.45, 2.75) is 98.0 Å². The second-order valence-electron chi connectivity index (χ2n) is 7.33. The molecule has 0 aliphatic rings. The van der Waals surface area contributed by atoms with Gasteiger partial charge in [0, 0.05) is 11.6 Å². The van der Waals surface area contributed by atoms with Gasteiger partial charge in [0.2, 0.25) is 0 Å². The summed E-state index contributed by atoms with van der Waals surface area (Å²) in [6.07, 6.45) is 1.32. The molecule has 0 radical (unpaired) electrons. The molecule has 24 heavy (non-hydrogen) atoms. The molecular weight excluding hydrogens is 308 g/mol. The minimum atomic E-state index is -0.368. The van der Waals surface area contributed by atoms with E-state index < -0.39 is 0 Å². The zero-order valence-corrected chi connectivity index (χ0v) is 16.6. The van der Waals surface area contributed by atoms with Gasteiger partial charge in [-0.05, 0) is 54.4 Å². The Labute approximate surface area is 147 Å². The smallest absolute Gasteiger partial charge is 0.323 e. The quantitative estimate of drug-likeness (QED) is 0.561. The van der Waals surface area contributed by atoms with E-state index >= 15 is 0 Å². The zero-order valence-electron chi connectivity index (χ0n) is 16.6. The summed E-state index contributed by atoms with van der Waals surface area (Å²) >= 11 is 0. The number of rotatable bonds is 11. The summed E-state index contributed by atoms with van der Waals surface area (Å²) in [5.74, 6) is -0.486. The molecule has 0 saturated carbocycles. The molecule has 3 atom stereocenters. The van der Waals surface area contributed by atoms with E-state index in [-0.39, 0.29) is 41.7 Å². The van der Waals surface area contributed by atoms with Crippen molar-refractivity contribution in [3.05, 3.63) is 0 Å². The average molecular weight is 344 g/mol. The highest BCUT2D eigenvalue weighted by Gasteiger charge is 2.26. The monoisotopic (exact) mass is 344 g/mol. The number of hydrogen-bond acceptors (Lipinski definition) is 6. The van der Waals surface area contributed by atoms with E-state index in [2.05, 4.69) is 10.6 Å². The first kappa shape index (κ1) is 22.9. The Morgan fingerprint density at radius 2 is 1.58 bits per heavy atom. The molecule has 6 heteroatoms. The predicted molar refractivity (Wildman–Crippen MR) is 95.8 cm³/mol. The van der Waals surface area contributed by atoms with Crippen LogP contribution in [0.15, 0.2) is 0 Å². The van der Waals surface area contributed by atoms with Gasteiger partial charge in [0.25, 0.3) is 0 Å². The van der Waals surface area contributed by atoms with Crippen molar-refractivity contribution in [2.75, 3.05) is 6.61 Å². The van der Waals surface area contributed by atoms with Gasteiger partial charge in [0.15, 0.2) is 0 Å². The fourth-order valence-corrected chi connectivity index (χ4v) is 2.48. The van der Waals surface area contributed by atoms with Crippen LogP contribution in [0.3, 0.4) is 0 Å². The van der Waals surface area contributed by atoms with Crippen LogP contribution in [-0.4, -0.2) is 48.3 Å². The fraction of sp³-hybridized carbons (Fsp3) is 0.889. The number of hydrogen-bond donors (Lipinski definition) is 2. The van der Waals surface area contributed by atoms with E-state index in [1.165, 1.54) is 0 Å². The molecular formula is C18H36N2O4. The van der Waals surface area contributed by atoms with Crippen LogP contribution in [0.1, 0.15) is 68.2 Å². The Morgan fingerprint density at radius 1 is 1.00 bits per heavy atom. The lowest BCUT2D eigenvalue weighted by Crippen LogP contribution is -2.49. The number of nitrogens with one attached hydrogen (secondary N) is 2. The Hall–Kier alpha value is -1.14. The molecule has 1 unspecified atom stereocenters. The summed E-state index contributed by atoms with van der Waals surface area (Å²) in [5.41, 5.74) is -0.255. The second kappa shape index (κ2) is 10.7. The molecule has 0 rings (SSSR count). The second-order valence-corrected chi connectivity index (χ2v) is 7.33. The van der Waals surface area contributed by atoms with Crippen LogP contribution in [0.25, 0.3) is 0 Å². The lowest BCUT2D eigenvalue weighted by Gasteiger charge is -2.30.